The highest BCUT2D eigenvalue weighted by Gasteiger charge is 2.48. The number of benzene rings is 1. The van der Waals surface area contributed by atoms with Gasteiger partial charge in [0.1, 0.15) is 5.82 Å². The zero-order valence-electron chi connectivity index (χ0n) is 13.9. The third-order valence-electron chi connectivity index (χ3n) is 5.29. The van der Waals surface area contributed by atoms with Crippen LogP contribution >= 0.6 is 0 Å². The Morgan fingerprint density at radius 2 is 2.04 bits per heavy atom. The summed E-state index contributed by atoms with van der Waals surface area (Å²) in [7, 11) is 3.68. The topological polar surface area (TPSA) is 44.7 Å². The minimum atomic E-state index is -0.370. The summed E-state index contributed by atoms with van der Waals surface area (Å²) in [4.78, 5) is 7.43. The standard InChI is InChI=1S/C18H25FN2O2/c1-4-15(20-23-3)17-14(11-5-7-12(19)8-6-11)9-13-10-16(22)18(17)21(13)2/h5-8,13-14,16,18,20,22H,4,9-10H2,1-3H3/t13?,14-,16?,18+/m0/s1. The number of fused-ring (bicyclic) bond motifs is 2. The van der Waals surface area contributed by atoms with Crippen molar-refractivity contribution in [2.24, 2.45) is 0 Å². The molecule has 3 rings (SSSR count). The van der Waals surface area contributed by atoms with Gasteiger partial charge in [0, 0.05) is 17.7 Å². The molecule has 2 aliphatic rings. The van der Waals surface area contributed by atoms with E-state index < -0.39 is 0 Å². The molecule has 2 fully saturated rings. The fraction of sp³-hybridized carbons (Fsp3) is 0.556. The van der Waals surface area contributed by atoms with Crippen molar-refractivity contribution in [3.8, 4) is 0 Å². The number of nitrogens with zero attached hydrogens (tertiary/aromatic N) is 1. The first-order chi connectivity index (χ1) is 11.1. The summed E-state index contributed by atoms with van der Waals surface area (Å²) in [6.45, 7) is 2.07. The van der Waals surface area contributed by atoms with E-state index >= 15 is 0 Å². The Morgan fingerprint density at radius 3 is 2.65 bits per heavy atom. The molecule has 0 aliphatic carbocycles. The van der Waals surface area contributed by atoms with E-state index in [-0.39, 0.29) is 23.9 Å². The predicted octanol–water partition coefficient (Wildman–Crippen LogP) is 2.56. The first-order valence-electron chi connectivity index (χ1n) is 8.24. The molecule has 2 N–H and O–H groups in total. The second kappa shape index (κ2) is 6.59. The Labute approximate surface area is 136 Å². The number of hydrogen-bond acceptors (Lipinski definition) is 4. The van der Waals surface area contributed by atoms with Gasteiger partial charge in [-0.3, -0.25) is 15.2 Å². The van der Waals surface area contributed by atoms with Crippen LogP contribution < -0.4 is 5.48 Å². The number of rotatable bonds is 4. The van der Waals surface area contributed by atoms with Crippen molar-refractivity contribution in [1.29, 1.82) is 0 Å². The largest absolute Gasteiger partial charge is 0.391 e. The number of hydrogen-bond donors (Lipinski definition) is 2. The van der Waals surface area contributed by atoms with Crippen molar-refractivity contribution in [2.45, 2.75) is 50.3 Å². The van der Waals surface area contributed by atoms with E-state index in [1.165, 1.54) is 17.7 Å². The van der Waals surface area contributed by atoms with Crippen LogP contribution in [-0.2, 0) is 4.84 Å². The summed E-state index contributed by atoms with van der Waals surface area (Å²) in [5.41, 5.74) is 6.29. The number of hydroxylamine groups is 1. The molecule has 0 spiro atoms. The molecule has 23 heavy (non-hydrogen) atoms. The van der Waals surface area contributed by atoms with E-state index in [4.69, 9.17) is 4.84 Å². The highest BCUT2D eigenvalue weighted by Crippen LogP contribution is 2.47. The number of likely N-dealkylation sites (N-methyl/N-ethyl adjacent to an activating group) is 1. The van der Waals surface area contributed by atoms with Crippen LogP contribution in [0.25, 0.3) is 0 Å². The Morgan fingerprint density at radius 1 is 1.35 bits per heavy atom. The average molecular weight is 320 g/mol. The van der Waals surface area contributed by atoms with Crippen LogP contribution in [0.4, 0.5) is 4.39 Å². The maximum absolute atomic E-state index is 13.3. The van der Waals surface area contributed by atoms with Crippen molar-refractivity contribution in [1.82, 2.24) is 10.4 Å². The third-order valence-corrected chi connectivity index (χ3v) is 5.29. The van der Waals surface area contributed by atoms with Crippen LogP contribution in [-0.4, -0.2) is 42.4 Å². The molecule has 0 saturated carbocycles. The van der Waals surface area contributed by atoms with Gasteiger partial charge in [0.2, 0.25) is 0 Å². The third kappa shape index (κ3) is 2.89. The van der Waals surface area contributed by atoms with Gasteiger partial charge in [0.25, 0.3) is 0 Å². The van der Waals surface area contributed by atoms with E-state index in [9.17, 15) is 9.50 Å². The molecular formula is C18H25FN2O2. The van der Waals surface area contributed by atoms with E-state index in [0.29, 0.717) is 6.04 Å². The van der Waals surface area contributed by atoms with Crippen LogP contribution in [0.15, 0.2) is 35.5 Å². The fourth-order valence-corrected chi connectivity index (χ4v) is 4.22. The number of halogens is 1. The first-order valence-corrected chi connectivity index (χ1v) is 8.24. The molecule has 1 aromatic rings. The summed E-state index contributed by atoms with van der Waals surface area (Å²) < 4.78 is 13.3. The molecule has 0 amide bonds. The molecule has 2 unspecified atom stereocenters. The predicted molar refractivity (Wildman–Crippen MR) is 87.2 cm³/mol. The van der Waals surface area contributed by atoms with Gasteiger partial charge in [-0.15, -0.1) is 0 Å². The van der Waals surface area contributed by atoms with Crippen LogP contribution in [0.3, 0.4) is 0 Å². The number of aliphatic hydroxyl groups excluding tert-OH is 1. The van der Waals surface area contributed by atoms with Crippen molar-refractivity contribution in [3.05, 3.63) is 46.9 Å². The Balaban J connectivity index is 2.07. The molecule has 126 valence electrons. The molecule has 5 heteroatoms. The summed E-state index contributed by atoms with van der Waals surface area (Å²) in [5.74, 6) is -0.0440. The molecule has 0 aromatic heterocycles. The Kier molecular flexibility index (Phi) is 4.71. The molecule has 2 bridgehead atoms. The van der Waals surface area contributed by atoms with Crippen molar-refractivity contribution in [3.63, 3.8) is 0 Å². The summed E-state index contributed by atoms with van der Waals surface area (Å²) in [5, 5.41) is 10.6. The zero-order valence-corrected chi connectivity index (χ0v) is 13.9. The lowest BCUT2D eigenvalue weighted by Gasteiger charge is -2.40. The van der Waals surface area contributed by atoms with Crippen LogP contribution in [0, 0.1) is 5.82 Å². The van der Waals surface area contributed by atoms with Crippen molar-refractivity contribution >= 4 is 0 Å². The molecule has 4 atom stereocenters. The molecule has 2 saturated heterocycles. The van der Waals surface area contributed by atoms with Gasteiger partial charge in [-0.25, -0.2) is 4.39 Å². The molecule has 4 nitrogen and oxygen atoms in total. The normalized spacial score (nSPS) is 32.9. The number of allylic oxidation sites excluding steroid dienone is 1. The van der Waals surface area contributed by atoms with Gasteiger partial charge in [-0.05, 0) is 49.6 Å². The maximum atomic E-state index is 13.3. The quantitative estimate of drug-likeness (QED) is 0.837. The van der Waals surface area contributed by atoms with Gasteiger partial charge in [-0.2, -0.15) is 0 Å². The molecule has 1 aromatic carbocycles. The Bertz CT molecular complexity index is 587. The minimum Gasteiger partial charge on any atom is -0.391 e. The summed E-state index contributed by atoms with van der Waals surface area (Å²) in [6, 6.07) is 7.09. The van der Waals surface area contributed by atoms with E-state index in [1.54, 1.807) is 7.11 Å². The Hall–Kier alpha value is -1.43. The second-order valence-corrected chi connectivity index (χ2v) is 6.50. The van der Waals surface area contributed by atoms with Crippen LogP contribution in [0.5, 0.6) is 0 Å². The highest BCUT2D eigenvalue weighted by atomic mass is 19.1. The van der Waals surface area contributed by atoms with Gasteiger partial charge in [-0.1, -0.05) is 19.1 Å². The number of aliphatic hydroxyl groups is 1. The number of piperidine rings is 1. The lowest BCUT2D eigenvalue weighted by atomic mass is 9.79. The highest BCUT2D eigenvalue weighted by molar-refractivity contribution is 5.39. The smallest absolute Gasteiger partial charge is 0.123 e. The molecule has 2 aliphatic heterocycles. The lowest BCUT2D eigenvalue weighted by molar-refractivity contribution is 0.101. The van der Waals surface area contributed by atoms with Crippen LogP contribution in [0.2, 0.25) is 0 Å². The lowest BCUT2D eigenvalue weighted by Crippen LogP contribution is -2.45. The van der Waals surface area contributed by atoms with Gasteiger partial charge < -0.3 is 5.11 Å². The first kappa shape index (κ1) is 16.4. The van der Waals surface area contributed by atoms with Crippen LogP contribution in [0.1, 0.15) is 37.7 Å². The minimum absolute atomic E-state index is 0.0126. The fourth-order valence-electron chi connectivity index (χ4n) is 4.22. The van der Waals surface area contributed by atoms with E-state index in [1.807, 2.05) is 12.1 Å². The molecule has 2 heterocycles. The van der Waals surface area contributed by atoms with E-state index in [2.05, 4.69) is 24.4 Å². The SMILES string of the molecule is CCC(NOC)=C1[C@H](c2ccc(F)cc2)CC2CC(O)[C@H]1N2C. The molecule has 0 radical (unpaired) electrons. The van der Waals surface area contributed by atoms with Gasteiger partial charge in [0.05, 0.1) is 19.3 Å². The average Bonchev–Trinajstić information content (AvgIpc) is 2.72. The number of nitrogens with one attached hydrogen (secondary N) is 1. The summed E-state index contributed by atoms with van der Waals surface area (Å²) >= 11 is 0. The zero-order chi connectivity index (χ0) is 16.6. The second-order valence-electron chi connectivity index (χ2n) is 6.50. The summed E-state index contributed by atoms with van der Waals surface area (Å²) in [6.07, 6.45) is 2.14. The van der Waals surface area contributed by atoms with Crippen molar-refractivity contribution in [2.75, 3.05) is 14.2 Å². The van der Waals surface area contributed by atoms with Gasteiger partial charge in [0.15, 0.2) is 0 Å². The van der Waals surface area contributed by atoms with Gasteiger partial charge >= 0.3 is 0 Å². The molecular weight excluding hydrogens is 295 g/mol. The monoisotopic (exact) mass is 320 g/mol. The maximum Gasteiger partial charge on any atom is 0.123 e. The van der Waals surface area contributed by atoms with Crippen molar-refractivity contribution < 1.29 is 14.3 Å². The van der Waals surface area contributed by atoms with E-state index in [0.717, 1.165) is 30.5 Å².